The molecule has 0 saturated carbocycles. The number of nitrogens with one attached hydrogen (secondary N) is 1. The lowest BCUT2D eigenvalue weighted by Gasteiger charge is -2.22. The van der Waals surface area contributed by atoms with Crippen molar-refractivity contribution in [3.63, 3.8) is 0 Å². The molecule has 0 fully saturated rings. The second kappa shape index (κ2) is 6.07. The number of hydrogen-bond donors (Lipinski definition) is 3. The lowest BCUT2D eigenvalue weighted by Crippen LogP contribution is -2.44. The van der Waals surface area contributed by atoms with Crippen LogP contribution in [0.4, 0.5) is 13.2 Å². The van der Waals surface area contributed by atoms with Gasteiger partial charge < -0.3 is 14.8 Å². The molecule has 3 N–H and O–H groups in total. The zero-order valence-corrected chi connectivity index (χ0v) is 12.8. The Hall–Kier alpha value is -1.30. The molecule has 0 spiro atoms. The smallest absolute Gasteiger partial charge is 0.423 e. The molecule has 1 aromatic rings. The van der Waals surface area contributed by atoms with E-state index in [1.165, 1.54) is 0 Å². The monoisotopic (exact) mass is 341 g/mol. The van der Waals surface area contributed by atoms with E-state index in [0.29, 0.717) is 6.07 Å². The highest BCUT2D eigenvalue weighted by Gasteiger charge is 2.33. The van der Waals surface area contributed by atoms with Crippen molar-refractivity contribution in [2.75, 3.05) is 0 Å². The van der Waals surface area contributed by atoms with E-state index in [-0.39, 0.29) is 0 Å². The zero-order valence-electron chi connectivity index (χ0n) is 12.0. The van der Waals surface area contributed by atoms with Crippen LogP contribution < -0.4 is 14.9 Å². The van der Waals surface area contributed by atoms with Crippen molar-refractivity contribution >= 4 is 22.6 Å². The van der Waals surface area contributed by atoms with Crippen LogP contribution in [0.3, 0.4) is 0 Å². The molecular weight excluding hydrogens is 326 g/mol. The molecule has 0 unspecified atom stereocenters. The standard InChI is InChI=1S/C11H15BF3NO5S/c1-10(2,3)16-22(19,20)9-5-4-7(21-11(13,14)15)6-8(9)12(17)18/h4-6,16-18H,1-3H3. The van der Waals surface area contributed by atoms with E-state index in [1.54, 1.807) is 20.8 Å². The molecule has 124 valence electrons. The SMILES string of the molecule is CC(C)(C)NS(=O)(=O)c1ccc(OC(F)(F)F)cc1B(O)O. The summed E-state index contributed by atoms with van der Waals surface area (Å²) in [6.07, 6.45) is -4.98. The summed E-state index contributed by atoms with van der Waals surface area (Å²) in [5.74, 6) is -0.759. The Morgan fingerprint density at radius 3 is 2.14 bits per heavy atom. The van der Waals surface area contributed by atoms with E-state index in [4.69, 9.17) is 0 Å². The van der Waals surface area contributed by atoms with Gasteiger partial charge in [0, 0.05) is 11.0 Å². The third kappa shape index (κ3) is 5.48. The summed E-state index contributed by atoms with van der Waals surface area (Å²) in [5.41, 5.74) is -1.49. The van der Waals surface area contributed by atoms with E-state index in [1.807, 2.05) is 0 Å². The van der Waals surface area contributed by atoms with E-state index < -0.39 is 45.2 Å². The van der Waals surface area contributed by atoms with Crippen LogP contribution in [-0.2, 0) is 10.0 Å². The fraction of sp³-hybridized carbons (Fsp3) is 0.455. The van der Waals surface area contributed by atoms with Crippen molar-refractivity contribution in [1.29, 1.82) is 0 Å². The Kier molecular flexibility index (Phi) is 5.17. The molecule has 0 bridgehead atoms. The average molecular weight is 341 g/mol. The molecule has 0 saturated heterocycles. The van der Waals surface area contributed by atoms with Gasteiger partial charge in [-0.1, -0.05) is 0 Å². The maximum atomic E-state index is 12.2. The van der Waals surface area contributed by atoms with E-state index in [0.717, 1.165) is 12.1 Å². The van der Waals surface area contributed by atoms with Crippen molar-refractivity contribution in [2.45, 2.75) is 37.6 Å². The minimum absolute atomic E-state index is 0.549. The van der Waals surface area contributed by atoms with Gasteiger partial charge in [-0.25, -0.2) is 13.1 Å². The van der Waals surface area contributed by atoms with Gasteiger partial charge in [0.15, 0.2) is 0 Å². The van der Waals surface area contributed by atoms with Gasteiger partial charge in [0.05, 0.1) is 4.90 Å². The predicted molar refractivity (Wildman–Crippen MR) is 73.0 cm³/mol. The summed E-state index contributed by atoms with van der Waals surface area (Å²) >= 11 is 0. The third-order valence-corrected chi connectivity index (χ3v) is 4.05. The number of sulfonamides is 1. The Balaban J connectivity index is 3.32. The molecule has 0 aliphatic carbocycles. The number of hydrogen-bond acceptors (Lipinski definition) is 5. The van der Waals surface area contributed by atoms with Crippen LogP contribution in [0.15, 0.2) is 23.1 Å². The van der Waals surface area contributed by atoms with Crippen LogP contribution >= 0.6 is 0 Å². The maximum absolute atomic E-state index is 12.2. The second-order valence-electron chi connectivity index (χ2n) is 5.48. The van der Waals surface area contributed by atoms with Gasteiger partial charge in [0.2, 0.25) is 10.0 Å². The van der Waals surface area contributed by atoms with Gasteiger partial charge in [-0.15, -0.1) is 13.2 Å². The maximum Gasteiger partial charge on any atom is 0.573 e. The molecule has 1 aromatic carbocycles. The molecule has 1 rings (SSSR count). The number of alkyl halides is 3. The first-order valence-corrected chi connectivity index (χ1v) is 7.49. The highest BCUT2D eigenvalue weighted by Crippen LogP contribution is 2.23. The Labute approximate surface area is 126 Å². The fourth-order valence-corrected chi connectivity index (χ4v) is 3.27. The highest BCUT2D eigenvalue weighted by atomic mass is 32.2. The Bertz CT molecular complexity index is 640. The van der Waals surface area contributed by atoms with Crippen LogP contribution in [0.2, 0.25) is 0 Å². The molecular formula is C11H15BF3NO5S. The van der Waals surface area contributed by atoms with Gasteiger partial charge in [0.1, 0.15) is 5.75 Å². The number of halogens is 3. The summed E-state index contributed by atoms with van der Waals surface area (Å²) in [6.45, 7) is 4.67. The lowest BCUT2D eigenvalue weighted by molar-refractivity contribution is -0.274. The summed E-state index contributed by atoms with van der Waals surface area (Å²) in [6, 6.07) is 2.19. The van der Waals surface area contributed by atoms with Crippen LogP contribution in [0.5, 0.6) is 5.75 Å². The van der Waals surface area contributed by atoms with Gasteiger partial charge >= 0.3 is 13.5 Å². The van der Waals surface area contributed by atoms with E-state index in [9.17, 15) is 31.6 Å². The van der Waals surface area contributed by atoms with Crippen LogP contribution in [-0.4, -0.2) is 37.5 Å². The third-order valence-electron chi connectivity index (χ3n) is 2.22. The molecule has 0 aromatic heterocycles. The first-order valence-electron chi connectivity index (χ1n) is 6.01. The number of ether oxygens (including phenoxy) is 1. The van der Waals surface area contributed by atoms with Crippen LogP contribution in [0.25, 0.3) is 0 Å². The largest absolute Gasteiger partial charge is 0.573 e. The average Bonchev–Trinajstić information content (AvgIpc) is 2.22. The topological polar surface area (TPSA) is 95.9 Å². The summed E-state index contributed by atoms with van der Waals surface area (Å²) < 4.78 is 66.7. The molecule has 22 heavy (non-hydrogen) atoms. The van der Waals surface area contributed by atoms with Crippen LogP contribution in [0, 0.1) is 0 Å². The highest BCUT2D eigenvalue weighted by molar-refractivity contribution is 7.89. The molecule has 0 heterocycles. The zero-order chi connectivity index (χ0) is 17.3. The van der Waals surface area contributed by atoms with Crippen molar-refractivity contribution < 1.29 is 36.4 Å². The minimum Gasteiger partial charge on any atom is -0.423 e. The van der Waals surface area contributed by atoms with Crippen molar-refractivity contribution in [3.8, 4) is 5.75 Å². The Morgan fingerprint density at radius 1 is 1.18 bits per heavy atom. The van der Waals surface area contributed by atoms with Gasteiger partial charge in [0.25, 0.3) is 0 Å². The van der Waals surface area contributed by atoms with E-state index in [2.05, 4.69) is 9.46 Å². The minimum atomic E-state index is -4.98. The molecule has 6 nitrogen and oxygen atoms in total. The fourth-order valence-electron chi connectivity index (χ4n) is 1.63. The summed E-state index contributed by atoms with van der Waals surface area (Å²) in [4.78, 5) is -0.549. The first kappa shape index (κ1) is 18.8. The quantitative estimate of drug-likeness (QED) is 0.687. The molecule has 0 amide bonds. The summed E-state index contributed by atoms with van der Waals surface area (Å²) in [5, 5.41) is 18.4. The first-order chi connectivity index (χ1) is 9.71. The lowest BCUT2D eigenvalue weighted by atomic mass is 9.80. The molecule has 0 radical (unpaired) electrons. The Morgan fingerprint density at radius 2 is 1.73 bits per heavy atom. The number of benzene rings is 1. The van der Waals surface area contributed by atoms with Crippen LogP contribution in [0.1, 0.15) is 20.8 Å². The van der Waals surface area contributed by atoms with Gasteiger partial charge in [-0.05, 0) is 39.0 Å². The van der Waals surface area contributed by atoms with E-state index >= 15 is 0 Å². The molecule has 11 heteroatoms. The molecule has 0 atom stereocenters. The van der Waals surface area contributed by atoms with Crippen molar-refractivity contribution in [1.82, 2.24) is 4.72 Å². The normalized spacial score (nSPS) is 13.1. The summed E-state index contributed by atoms with van der Waals surface area (Å²) in [7, 11) is -6.45. The number of rotatable bonds is 4. The second-order valence-corrected chi connectivity index (χ2v) is 7.13. The van der Waals surface area contributed by atoms with Crippen molar-refractivity contribution in [3.05, 3.63) is 18.2 Å². The predicted octanol–water partition coefficient (Wildman–Crippen LogP) is 0.342. The van der Waals surface area contributed by atoms with Gasteiger partial charge in [-0.3, -0.25) is 0 Å². The molecule has 0 aliphatic heterocycles. The molecule has 0 aliphatic rings. The van der Waals surface area contributed by atoms with Gasteiger partial charge in [-0.2, -0.15) is 0 Å². The van der Waals surface area contributed by atoms with Crippen molar-refractivity contribution in [2.24, 2.45) is 0 Å².